The molecule has 0 saturated heterocycles. The van der Waals surface area contributed by atoms with Crippen molar-refractivity contribution < 1.29 is 8.42 Å². The monoisotopic (exact) mass is 205 g/mol. The molecule has 0 aromatic carbocycles. The van der Waals surface area contributed by atoms with Gasteiger partial charge in [0.05, 0.1) is 5.75 Å². The predicted molar refractivity (Wildman–Crippen MR) is 54.6 cm³/mol. The molecule has 1 aliphatic carbocycles. The van der Waals surface area contributed by atoms with Crippen LogP contribution in [0.5, 0.6) is 0 Å². The molecule has 0 radical (unpaired) electrons. The minimum absolute atomic E-state index is 0.268. The van der Waals surface area contributed by atoms with Crippen LogP contribution in [-0.4, -0.2) is 32.0 Å². The number of nitrogens with one attached hydrogen (secondary N) is 1. The van der Waals surface area contributed by atoms with Crippen molar-refractivity contribution >= 4 is 9.84 Å². The highest BCUT2D eigenvalue weighted by Gasteiger charge is 2.36. The molecule has 0 atom stereocenters. The minimum Gasteiger partial charge on any atom is -0.311 e. The molecule has 1 saturated carbocycles. The Morgan fingerprint density at radius 2 is 2.00 bits per heavy atom. The molecule has 0 amide bonds. The third-order valence-electron chi connectivity index (χ3n) is 2.62. The van der Waals surface area contributed by atoms with Gasteiger partial charge < -0.3 is 5.32 Å². The number of sulfone groups is 1. The summed E-state index contributed by atoms with van der Waals surface area (Å²) < 4.78 is 22.2. The summed E-state index contributed by atoms with van der Waals surface area (Å²) in [7, 11) is -2.76. The van der Waals surface area contributed by atoms with Gasteiger partial charge in [0, 0.05) is 11.3 Å². The van der Waals surface area contributed by atoms with E-state index in [4.69, 9.17) is 0 Å². The van der Waals surface area contributed by atoms with Crippen molar-refractivity contribution in [2.45, 2.75) is 38.6 Å². The smallest absolute Gasteiger partial charge is 0.150 e. The molecule has 0 aromatic rings. The average Bonchev–Trinajstić information content (AvgIpc) is 2.79. The molecule has 13 heavy (non-hydrogen) atoms. The molecule has 1 fully saturated rings. The van der Waals surface area contributed by atoms with Crippen molar-refractivity contribution in [2.75, 3.05) is 18.1 Å². The normalized spacial score (nSPS) is 20.2. The van der Waals surface area contributed by atoms with Gasteiger partial charge in [-0.25, -0.2) is 8.42 Å². The van der Waals surface area contributed by atoms with Crippen molar-refractivity contribution in [3.8, 4) is 0 Å². The van der Waals surface area contributed by atoms with Crippen LogP contribution in [0.25, 0.3) is 0 Å². The quantitative estimate of drug-likeness (QED) is 0.657. The molecule has 1 aliphatic rings. The first-order chi connectivity index (χ1) is 5.97. The van der Waals surface area contributed by atoms with E-state index in [1.54, 1.807) is 6.92 Å². The highest BCUT2D eigenvalue weighted by atomic mass is 32.2. The number of hydrogen-bond donors (Lipinski definition) is 1. The fourth-order valence-corrected chi connectivity index (χ4v) is 2.06. The Morgan fingerprint density at radius 1 is 1.38 bits per heavy atom. The molecule has 3 nitrogen and oxygen atoms in total. The lowest BCUT2D eigenvalue weighted by Gasteiger charge is -2.10. The van der Waals surface area contributed by atoms with Gasteiger partial charge >= 0.3 is 0 Å². The summed E-state index contributed by atoms with van der Waals surface area (Å²) >= 11 is 0. The van der Waals surface area contributed by atoms with Gasteiger partial charge in [-0.05, 0) is 32.7 Å². The molecule has 0 unspecified atom stereocenters. The van der Waals surface area contributed by atoms with Crippen molar-refractivity contribution in [1.29, 1.82) is 0 Å². The van der Waals surface area contributed by atoms with Gasteiger partial charge in [0.2, 0.25) is 0 Å². The van der Waals surface area contributed by atoms with Gasteiger partial charge in [-0.1, -0.05) is 6.92 Å². The first-order valence-electron chi connectivity index (χ1n) is 4.93. The number of rotatable bonds is 6. The topological polar surface area (TPSA) is 46.2 Å². The minimum atomic E-state index is -2.76. The molecule has 0 heterocycles. The van der Waals surface area contributed by atoms with E-state index in [1.165, 1.54) is 12.8 Å². The number of hydrogen-bond acceptors (Lipinski definition) is 3. The second kappa shape index (κ2) is 3.96. The Balaban J connectivity index is 2.07. The molecular weight excluding hydrogens is 186 g/mol. The fraction of sp³-hybridized carbons (Fsp3) is 1.00. The maximum Gasteiger partial charge on any atom is 0.150 e. The Bertz CT molecular complexity index is 255. The highest BCUT2D eigenvalue weighted by molar-refractivity contribution is 7.91. The molecule has 1 rings (SSSR count). The van der Waals surface area contributed by atoms with E-state index >= 15 is 0 Å². The summed E-state index contributed by atoms with van der Waals surface area (Å²) in [5, 5.41) is 3.37. The van der Waals surface area contributed by atoms with E-state index in [-0.39, 0.29) is 5.75 Å². The molecular formula is C9H19NO2S. The van der Waals surface area contributed by atoms with Gasteiger partial charge in [0.25, 0.3) is 0 Å². The van der Waals surface area contributed by atoms with Crippen molar-refractivity contribution in [2.24, 2.45) is 0 Å². The first kappa shape index (κ1) is 11.0. The predicted octanol–water partition coefficient (Wildman–Crippen LogP) is 0.953. The SMILES string of the molecule is CCS(=O)(=O)CCCNC1(C)CC1. The summed E-state index contributed by atoms with van der Waals surface area (Å²) in [4.78, 5) is 0. The van der Waals surface area contributed by atoms with E-state index in [9.17, 15) is 8.42 Å². The van der Waals surface area contributed by atoms with Crippen LogP contribution >= 0.6 is 0 Å². The summed E-state index contributed by atoms with van der Waals surface area (Å²) in [6.07, 6.45) is 3.20. The van der Waals surface area contributed by atoms with Gasteiger partial charge in [-0.2, -0.15) is 0 Å². The van der Waals surface area contributed by atoms with Crippen molar-refractivity contribution in [3.05, 3.63) is 0 Å². The van der Waals surface area contributed by atoms with E-state index in [2.05, 4.69) is 12.2 Å². The fourth-order valence-electron chi connectivity index (χ4n) is 1.19. The molecule has 4 heteroatoms. The summed E-state index contributed by atoms with van der Waals surface area (Å²) in [6.45, 7) is 4.71. The third kappa shape index (κ3) is 4.09. The van der Waals surface area contributed by atoms with Crippen LogP contribution in [0.2, 0.25) is 0 Å². The molecule has 0 spiro atoms. The molecule has 1 N–H and O–H groups in total. The van der Waals surface area contributed by atoms with Crippen molar-refractivity contribution in [3.63, 3.8) is 0 Å². The second-order valence-corrected chi connectivity index (χ2v) is 6.55. The summed E-state index contributed by atoms with van der Waals surface area (Å²) in [6, 6.07) is 0. The van der Waals surface area contributed by atoms with E-state index in [0.717, 1.165) is 13.0 Å². The lowest BCUT2D eigenvalue weighted by Crippen LogP contribution is -2.29. The van der Waals surface area contributed by atoms with Crippen LogP contribution in [0.1, 0.15) is 33.1 Å². The zero-order valence-corrected chi connectivity index (χ0v) is 9.28. The Morgan fingerprint density at radius 3 is 2.46 bits per heavy atom. The van der Waals surface area contributed by atoms with Crippen LogP contribution in [0.4, 0.5) is 0 Å². The van der Waals surface area contributed by atoms with Crippen LogP contribution in [0.15, 0.2) is 0 Å². The summed E-state index contributed by atoms with van der Waals surface area (Å²) in [5.74, 6) is 0.594. The lowest BCUT2D eigenvalue weighted by molar-refractivity contribution is 0.532. The molecule has 78 valence electrons. The van der Waals surface area contributed by atoms with Gasteiger partial charge in [-0.3, -0.25) is 0 Å². The second-order valence-electron chi connectivity index (χ2n) is 4.08. The Labute approximate surface area is 80.8 Å². The van der Waals surface area contributed by atoms with Gasteiger partial charge in [-0.15, -0.1) is 0 Å². The molecule has 0 aliphatic heterocycles. The maximum atomic E-state index is 11.1. The zero-order chi connectivity index (χ0) is 9.95. The zero-order valence-electron chi connectivity index (χ0n) is 8.47. The highest BCUT2D eigenvalue weighted by Crippen LogP contribution is 2.33. The molecule has 0 aromatic heterocycles. The van der Waals surface area contributed by atoms with Crippen LogP contribution in [0, 0.1) is 0 Å². The first-order valence-corrected chi connectivity index (χ1v) is 6.75. The third-order valence-corrected chi connectivity index (χ3v) is 4.41. The van der Waals surface area contributed by atoms with Crippen LogP contribution < -0.4 is 5.32 Å². The standard InChI is InChI=1S/C9H19NO2S/c1-3-13(11,12)8-4-7-10-9(2)5-6-9/h10H,3-8H2,1-2H3. The van der Waals surface area contributed by atoms with E-state index in [0.29, 0.717) is 11.3 Å². The largest absolute Gasteiger partial charge is 0.311 e. The maximum absolute atomic E-state index is 11.1. The van der Waals surface area contributed by atoms with Gasteiger partial charge in [0.1, 0.15) is 9.84 Å². The van der Waals surface area contributed by atoms with E-state index < -0.39 is 9.84 Å². The van der Waals surface area contributed by atoms with Gasteiger partial charge in [0.15, 0.2) is 0 Å². The van der Waals surface area contributed by atoms with E-state index in [1.807, 2.05) is 0 Å². The van der Waals surface area contributed by atoms with Crippen LogP contribution in [0.3, 0.4) is 0 Å². The summed E-state index contributed by atoms with van der Waals surface area (Å²) in [5.41, 5.74) is 0.329. The Kier molecular flexibility index (Phi) is 3.35. The van der Waals surface area contributed by atoms with Crippen LogP contribution in [-0.2, 0) is 9.84 Å². The molecule has 0 bridgehead atoms. The van der Waals surface area contributed by atoms with Crippen molar-refractivity contribution in [1.82, 2.24) is 5.32 Å². The Hall–Kier alpha value is -0.0900. The lowest BCUT2D eigenvalue weighted by atomic mass is 10.3. The average molecular weight is 205 g/mol.